The second-order valence-corrected chi connectivity index (χ2v) is 6.63. The molecule has 0 atom stereocenters. The molecule has 3 heteroatoms. The molecule has 0 fully saturated rings. The van der Waals surface area contributed by atoms with Gasteiger partial charge in [0.05, 0.1) is 6.54 Å². The molecule has 5 rings (SSSR count). The Hall–Kier alpha value is -3.07. The van der Waals surface area contributed by atoms with Gasteiger partial charge in [0.15, 0.2) is 0 Å². The molecule has 3 aromatic carbocycles. The van der Waals surface area contributed by atoms with Gasteiger partial charge in [0.2, 0.25) is 0 Å². The van der Waals surface area contributed by atoms with E-state index in [4.69, 9.17) is 4.74 Å². The van der Waals surface area contributed by atoms with Gasteiger partial charge in [0.1, 0.15) is 12.4 Å². The molecule has 3 nitrogen and oxygen atoms in total. The van der Waals surface area contributed by atoms with Crippen molar-refractivity contribution >= 4 is 11.6 Å². The largest absolute Gasteiger partial charge is 0.488 e. The summed E-state index contributed by atoms with van der Waals surface area (Å²) >= 11 is 0. The number of carbonyl (C=O) groups excluding carboxylic acids is 1. The third-order valence-corrected chi connectivity index (χ3v) is 5.09. The van der Waals surface area contributed by atoms with Crippen LogP contribution in [0.4, 0.5) is 5.69 Å². The molecule has 0 saturated carbocycles. The summed E-state index contributed by atoms with van der Waals surface area (Å²) in [6, 6.07) is 20.2. The van der Waals surface area contributed by atoms with Gasteiger partial charge in [-0.1, -0.05) is 30.3 Å². The molecule has 122 valence electrons. The predicted octanol–water partition coefficient (Wildman–Crippen LogP) is 4.71. The molecule has 0 aromatic heterocycles. The molecular weight excluding hydrogens is 310 g/mol. The Bertz CT molecular complexity index is 1010. The monoisotopic (exact) mass is 327 g/mol. The molecule has 25 heavy (non-hydrogen) atoms. The highest BCUT2D eigenvalue weighted by atomic mass is 16.5. The highest BCUT2D eigenvalue weighted by molar-refractivity contribution is 6.10. The minimum Gasteiger partial charge on any atom is -0.488 e. The van der Waals surface area contributed by atoms with Crippen molar-refractivity contribution < 1.29 is 9.53 Å². The first-order valence-corrected chi connectivity index (χ1v) is 8.48. The fraction of sp³-hybridized carbons (Fsp3) is 0.136. The summed E-state index contributed by atoms with van der Waals surface area (Å²) < 4.78 is 5.91. The van der Waals surface area contributed by atoms with Gasteiger partial charge in [0, 0.05) is 16.8 Å². The van der Waals surface area contributed by atoms with E-state index in [1.54, 1.807) is 0 Å². The van der Waals surface area contributed by atoms with Gasteiger partial charge in [-0.2, -0.15) is 0 Å². The lowest BCUT2D eigenvalue weighted by Gasteiger charge is -2.23. The molecule has 2 aliphatic rings. The fourth-order valence-electron chi connectivity index (χ4n) is 3.84. The van der Waals surface area contributed by atoms with Crippen molar-refractivity contribution in [1.82, 2.24) is 0 Å². The number of rotatable bonds is 1. The number of ether oxygens (including phenoxy) is 1. The van der Waals surface area contributed by atoms with E-state index in [1.165, 1.54) is 11.1 Å². The number of nitrogens with zero attached hydrogens (tertiary/aromatic N) is 1. The third kappa shape index (κ3) is 2.09. The molecule has 2 heterocycles. The van der Waals surface area contributed by atoms with E-state index in [-0.39, 0.29) is 5.91 Å². The summed E-state index contributed by atoms with van der Waals surface area (Å²) in [7, 11) is 0. The zero-order valence-corrected chi connectivity index (χ0v) is 14.0. The Kier molecular flexibility index (Phi) is 2.98. The number of carbonyl (C=O) groups is 1. The average Bonchev–Trinajstić information content (AvgIpc) is 2.97. The molecule has 0 aliphatic carbocycles. The normalized spacial score (nSPS) is 14.6. The zero-order valence-electron chi connectivity index (χ0n) is 14.0. The van der Waals surface area contributed by atoms with Gasteiger partial charge < -0.3 is 9.64 Å². The molecule has 2 aliphatic heterocycles. The van der Waals surface area contributed by atoms with Crippen LogP contribution in [0.2, 0.25) is 0 Å². The standard InChI is InChI=1S/C22H17NO2/c1-14-6-5-9-20-21(14)18-10-15-12-23(17-7-3-2-4-8-17)22(24)19(15)11-16(18)13-25-20/h2-11H,12-13H2,1H3. The number of amides is 1. The molecular formula is C22H17NO2. The van der Waals surface area contributed by atoms with Crippen LogP contribution in [-0.4, -0.2) is 5.91 Å². The maximum Gasteiger partial charge on any atom is 0.258 e. The molecule has 1 amide bonds. The van der Waals surface area contributed by atoms with Crippen LogP contribution in [0.3, 0.4) is 0 Å². The van der Waals surface area contributed by atoms with E-state index in [1.807, 2.05) is 53.4 Å². The van der Waals surface area contributed by atoms with Gasteiger partial charge in [-0.05, 0) is 59.5 Å². The zero-order chi connectivity index (χ0) is 17.0. The van der Waals surface area contributed by atoms with Gasteiger partial charge in [-0.15, -0.1) is 0 Å². The predicted molar refractivity (Wildman–Crippen MR) is 97.9 cm³/mol. The lowest BCUT2D eigenvalue weighted by molar-refractivity contribution is 0.0996. The molecule has 0 saturated heterocycles. The van der Waals surface area contributed by atoms with Crippen molar-refractivity contribution in [2.24, 2.45) is 0 Å². The first-order valence-electron chi connectivity index (χ1n) is 8.48. The van der Waals surface area contributed by atoms with Crippen LogP contribution in [0, 0.1) is 6.92 Å². The number of hydrogen-bond donors (Lipinski definition) is 0. The number of anilines is 1. The third-order valence-electron chi connectivity index (χ3n) is 5.09. The number of hydrogen-bond acceptors (Lipinski definition) is 2. The van der Waals surface area contributed by atoms with E-state index >= 15 is 0 Å². The smallest absolute Gasteiger partial charge is 0.258 e. The Balaban J connectivity index is 1.64. The summed E-state index contributed by atoms with van der Waals surface area (Å²) in [5, 5.41) is 0. The van der Waals surface area contributed by atoms with Gasteiger partial charge >= 0.3 is 0 Å². The van der Waals surface area contributed by atoms with Crippen molar-refractivity contribution in [1.29, 1.82) is 0 Å². The second-order valence-electron chi connectivity index (χ2n) is 6.63. The highest BCUT2D eigenvalue weighted by Crippen LogP contribution is 2.42. The number of aryl methyl sites for hydroxylation is 1. The van der Waals surface area contributed by atoms with E-state index in [0.717, 1.165) is 33.7 Å². The number of fused-ring (bicyclic) bond motifs is 4. The van der Waals surface area contributed by atoms with Crippen molar-refractivity contribution in [2.45, 2.75) is 20.1 Å². The van der Waals surface area contributed by atoms with E-state index in [0.29, 0.717) is 13.2 Å². The Labute approximate surface area is 146 Å². The van der Waals surface area contributed by atoms with Crippen molar-refractivity contribution in [3.05, 3.63) is 82.9 Å². The van der Waals surface area contributed by atoms with Crippen LogP contribution in [0.1, 0.15) is 27.0 Å². The Morgan fingerprint density at radius 3 is 2.56 bits per heavy atom. The minimum atomic E-state index is 0.0691. The van der Waals surface area contributed by atoms with E-state index < -0.39 is 0 Å². The van der Waals surface area contributed by atoms with Crippen LogP contribution in [-0.2, 0) is 13.2 Å². The number of para-hydroxylation sites is 1. The van der Waals surface area contributed by atoms with Crippen LogP contribution in [0.5, 0.6) is 5.75 Å². The van der Waals surface area contributed by atoms with E-state index in [2.05, 4.69) is 19.1 Å². The molecule has 0 N–H and O–H groups in total. The van der Waals surface area contributed by atoms with Crippen molar-refractivity contribution in [3.8, 4) is 16.9 Å². The second kappa shape index (κ2) is 5.21. The molecule has 3 aromatic rings. The van der Waals surface area contributed by atoms with Crippen LogP contribution in [0.15, 0.2) is 60.7 Å². The molecule has 0 unspecified atom stereocenters. The summed E-state index contributed by atoms with van der Waals surface area (Å²) in [5.74, 6) is 0.997. The Morgan fingerprint density at radius 1 is 0.920 bits per heavy atom. The quantitative estimate of drug-likeness (QED) is 0.647. The highest BCUT2D eigenvalue weighted by Gasteiger charge is 2.31. The SMILES string of the molecule is Cc1cccc2c1-c1cc3c(cc1CO2)C(=O)N(c1ccccc1)C3. The molecule has 0 spiro atoms. The lowest BCUT2D eigenvalue weighted by Crippen LogP contribution is -2.22. The lowest BCUT2D eigenvalue weighted by atomic mass is 9.90. The first kappa shape index (κ1) is 14.3. The van der Waals surface area contributed by atoms with Crippen LogP contribution in [0.25, 0.3) is 11.1 Å². The van der Waals surface area contributed by atoms with Crippen molar-refractivity contribution in [3.63, 3.8) is 0 Å². The van der Waals surface area contributed by atoms with Gasteiger partial charge in [-0.3, -0.25) is 4.79 Å². The fourth-order valence-corrected chi connectivity index (χ4v) is 3.84. The van der Waals surface area contributed by atoms with Crippen molar-refractivity contribution in [2.75, 3.05) is 4.90 Å². The maximum absolute atomic E-state index is 12.9. The maximum atomic E-state index is 12.9. The first-order chi connectivity index (χ1) is 12.2. The number of benzene rings is 3. The minimum absolute atomic E-state index is 0.0691. The summed E-state index contributed by atoms with van der Waals surface area (Å²) in [4.78, 5) is 14.7. The van der Waals surface area contributed by atoms with E-state index in [9.17, 15) is 4.79 Å². The van der Waals surface area contributed by atoms with Gasteiger partial charge in [-0.25, -0.2) is 0 Å². The van der Waals surface area contributed by atoms with Gasteiger partial charge in [0.25, 0.3) is 5.91 Å². The average molecular weight is 327 g/mol. The summed E-state index contributed by atoms with van der Waals surface area (Å²) in [5.41, 5.74) is 7.45. The summed E-state index contributed by atoms with van der Waals surface area (Å²) in [6.07, 6.45) is 0. The molecule has 0 bridgehead atoms. The topological polar surface area (TPSA) is 29.5 Å². The summed E-state index contributed by atoms with van der Waals surface area (Å²) in [6.45, 7) is 3.23. The van der Waals surface area contributed by atoms with Crippen LogP contribution < -0.4 is 9.64 Å². The van der Waals surface area contributed by atoms with Crippen LogP contribution >= 0.6 is 0 Å². The molecule has 0 radical (unpaired) electrons. The Morgan fingerprint density at radius 2 is 1.72 bits per heavy atom.